The van der Waals surface area contributed by atoms with E-state index in [1.165, 1.54) is 12.1 Å². The van der Waals surface area contributed by atoms with Gasteiger partial charge in [0.2, 0.25) is 10.9 Å². The molecule has 9 heteroatoms. The van der Waals surface area contributed by atoms with Crippen molar-refractivity contribution in [3.63, 3.8) is 0 Å². The fourth-order valence-electron chi connectivity index (χ4n) is 3.29. The van der Waals surface area contributed by atoms with Crippen LogP contribution < -0.4 is 14.2 Å². The summed E-state index contributed by atoms with van der Waals surface area (Å²) >= 11 is 0. The predicted octanol–water partition coefficient (Wildman–Crippen LogP) is 2.90. The number of thiol groups is 1. The summed E-state index contributed by atoms with van der Waals surface area (Å²) in [4.78, 5) is 0.158. The van der Waals surface area contributed by atoms with Crippen molar-refractivity contribution in [3.8, 4) is 5.75 Å². The number of anilines is 2. The summed E-state index contributed by atoms with van der Waals surface area (Å²) < 4.78 is 58.4. The lowest BCUT2D eigenvalue weighted by Crippen LogP contribution is -2.15. The first kappa shape index (κ1) is 18.6. The van der Waals surface area contributed by atoms with Crippen LogP contribution in [0.4, 0.5) is 11.4 Å². The number of benzene rings is 3. The Hall–Kier alpha value is -2.78. The molecule has 0 aromatic heterocycles. The van der Waals surface area contributed by atoms with Gasteiger partial charge in [-0.05, 0) is 48.7 Å². The molecular formula is C19H18N2O5S2. The second kappa shape index (κ2) is 7.33. The summed E-state index contributed by atoms with van der Waals surface area (Å²) in [6, 6.07) is 14.9. The van der Waals surface area contributed by atoms with Gasteiger partial charge in [0.15, 0.2) is 0 Å². The molecule has 0 bridgehead atoms. The van der Waals surface area contributed by atoms with E-state index in [0.29, 0.717) is 28.8 Å². The molecule has 0 radical (unpaired) electrons. The van der Waals surface area contributed by atoms with Crippen LogP contribution in [0.5, 0.6) is 5.75 Å². The standard InChI is InChI=1S/C19H18N2O5S2/c22-27(23)20-17-8-9-18(16-6-2-1-5-15(16)17)21-28(24,25)14-7-10-19-13(12-14)4-3-11-26-19/h1-2,5-10,12,21,27H,3-4,11H2,(H,20,22,23). The van der Waals surface area contributed by atoms with Crippen LogP contribution >= 0.6 is 0 Å². The van der Waals surface area contributed by atoms with E-state index < -0.39 is 20.9 Å². The average molecular weight is 418 g/mol. The molecule has 0 saturated carbocycles. The fraction of sp³-hybridized carbons (Fsp3) is 0.158. The average Bonchev–Trinajstić information content (AvgIpc) is 2.69. The van der Waals surface area contributed by atoms with Gasteiger partial charge in [-0.25, -0.2) is 16.8 Å². The second-order valence-electron chi connectivity index (χ2n) is 6.40. The molecule has 0 amide bonds. The van der Waals surface area contributed by atoms with E-state index in [1.807, 2.05) is 0 Å². The van der Waals surface area contributed by atoms with Gasteiger partial charge in [-0.3, -0.25) is 9.44 Å². The van der Waals surface area contributed by atoms with E-state index in [4.69, 9.17) is 4.74 Å². The highest BCUT2D eigenvalue weighted by atomic mass is 32.2. The zero-order valence-corrected chi connectivity index (χ0v) is 16.4. The van der Waals surface area contributed by atoms with E-state index >= 15 is 0 Å². The van der Waals surface area contributed by atoms with Crippen LogP contribution in [-0.2, 0) is 27.3 Å². The third-order valence-electron chi connectivity index (χ3n) is 4.57. The number of hydrogen-bond acceptors (Lipinski definition) is 5. The maximum absolute atomic E-state index is 12.9. The van der Waals surface area contributed by atoms with Gasteiger partial charge in [-0.2, -0.15) is 0 Å². The third-order valence-corrected chi connectivity index (χ3v) is 6.36. The molecule has 0 saturated heterocycles. The first-order valence-corrected chi connectivity index (χ1v) is 11.3. The van der Waals surface area contributed by atoms with Crippen molar-refractivity contribution >= 4 is 43.1 Å². The smallest absolute Gasteiger partial charge is 0.261 e. The zero-order chi connectivity index (χ0) is 19.7. The molecule has 0 atom stereocenters. The number of aryl methyl sites for hydroxylation is 1. The highest BCUT2D eigenvalue weighted by molar-refractivity contribution is 7.92. The SMILES string of the molecule is O=[SH](=O)Nc1ccc(NS(=O)(=O)c2ccc3c(c2)CCCO3)c2ccccc12. The molecule has 7 nitrogen and oxygen atoms in total. The van der Waals surface area contributed by atoms with Crippen molar-refractivity contribution in [3.05, 3.63) is 60.2 Å². The number of hydrogen-bond donors (Lipinski definition) is 3. The van der Waals surface area contributed by atoms with Crippen LogP contribution in [0.2, 0.25) is 0 Å². The lowest BCUT2D eigenvalue weighted by atomic mass is 10.1. The molecule has 0 spiro atoms. The molecule has 3 aromatic rings. The number of sulfonamides is 1. The van der Waals surface area contributed by atoms with Gasteiger partial charge in [0.05, 0.1) is 22.9 Å². The minimum absolute atomic E-state index is 0.158. The van der Waals surface area contributed by atoms with Gasteiger partial charge in [0.1, 0.15) is 5.75 Å². The van der Waals surface area contributed by atoms with Crippen molar-refractivity contribution in [2.24, 2.45) is 0 Å². The largest absolute Gasteiger partial charge is 0.493 e. The summed E-state index contributed by atoms with van der Waals surface area (Å²) in [5.41, 5.74) is 1.63. The summed E-state index contributed by atoms with van der Waals surface area (Å²) in [7, 11) is -6.65. The molecule has 1 aliphatic heterocycles. The van der Waals surface area contributed by atoms with Gasteiger partial charge in [0, 0.05) is 10.8 Å². The summed E-state index contributed by atoms with van der Waals surface area (Å²) in [5.74, 6) is 0.720. The van der Waals surface area contributed by atoms with E-state index in [2.05, 4.69) is 9.44 Å². The van der Waals surface area contributed by atoms with Crippen LogP contribution in [-0.4, -0.2) is 23.4 Å². The second-order valence-corrected chi connectivity index (χ2v) is 8.82. The van der Waals surface area contributed by atoms with Crippen molar-refractivity contribution in [2.45, 2.75) is 17.7 Å². The Balaban J connectivity index is 1.73. The first-order valence-electron chi connectivity index (χ1n) is 8.65. The molecule has 146 valence electrons. The summed E-state index contributed by atoms with van der Waals surface area (Å²) in [5, 5.41) is 1.19. The molecule has 0 fully saturated rings. The summed E-state index contributed by atoms with van der Waals surface area (Å²) in [6.07, 6.45) is 1.63. The van der Waals surface area contributed by atoms with Crippen LogP contribution in [0, 0.1) is 0 Å². The molecule has 0 unspecified atom stereocenters. The number of nitrogens with one attached hydrogen (secondary N) is 2. The minimum atomic E-state index is -3.82. The third kappa shape index (κ3) is 3.63. The van der Waals surface area contributed by atoms with Crippen molar-refractivity contribution in [1.29, 1.82) is 0 Å². The monoisotopic (exact) mass is 418 g/mol. The molecular weight excluding hydrogens is 400 g/mol. The maximum atomic E-state index is 12.9. The van der Waals surface area contributed by atoms with Gasteiger partial charge in [-0.1, -0.05) is 24.3 Å². The molecule has 2 N–H and O–H groups in total. The van der Waals surface area contributed by atoms with Crippen molar-refractivity contribution < 1.29 is 21.6 Å². The Kier molecular flexibility index (Phi) is 4.86. The van der Waals surface area contributed by atoms with E-state index in [9.17, 15) is 16.8 Å². The van der Waals surface area contributed by atoms with Crippen LogP contribution in [0.1, 0.15) is 12.0 Å². The van der Waals surface area contributed by atoms with Gasteiger partial charge < -0.3 is 4.74 Å². The molecule has 0 aliphatic carbocycles. The van der Waals surface area contributed by atoms with Crippen molar-refractivity contribution in [1.82, 2.24) is 0 Å². The number of ether oxygens (including phenoxy) is 1. The van der Waals surface area contributed by atoms with Gasteiger partial charge in [-0.15, -0.1) is 0 Å². The Morgan fingerprint density at radius 3 is 2.39 bits per heavy atom. The van der Waals surface area contributed by atoms with Crippen LogP contribution in [0.25, 0.3) is 10.8 Å². The van der Waals surface area contributed by atoms with E-state index in [0.717, 1.165) is 24.2 Å². The Labute approximate surface area is 164 Å². The quantitative estimate of drug-likeness (QED) is 0.553. The minimum Gasteiger partial charge on any atom is -0.493 e. The fourth-order valence-corrected chi connectivity index (χ4v) is 4.81. The summed E-state index contributed by atoms with van der Waals surface area (Å²) in [6.45, 7) is 0.638. The van der Waals surface area contributed by atoms with E-state index in [-0.39, 0.29) is 4.90 Å². The topological polar surface area (TPSA) is 102 Å². The van der Waals surface area contributed by atoms with Crippen molar-refractivity contribution in [2.75, 3.05) is 16.1 Å². The van der Waals surface area contributed by atoms with Gasteiger partial charge >= 0.3 is 0 Å². The lowest BCUT2D eigenvalue weighted by molar-refractivity contribution is 0.288. The van der Waals surface area contributed by atoms with Crippen LogP contribution in [0.3, 0.4) is 0 Å². The maximum Gasteiger partial charge on any atom is 0.261 e. The highest BCUT2D eigenvalue weighted by Gasteiger charge is 2.20. The molecule has 1 heterocycles. The molecule has 4 rings (SSSR count). The Morgan fingerprint density at radius 2 is 1.64 bits per heavy atom. The van der Waals surface area contributed by atoms with Crippen LogP contribution in [0.15, 0.2) is 59.5 Å². The van der Waals surface area contributed by atoms with E-state index in [1.54, 1.807) is 42.5 Å². The lowest BCUT2D eigenvalue weighted by Gasteiger charge is -2.18. The predicted molar refractivity (Wildman–Crippen MR) is 109 cm³/mol. The Bertz CT molecular complexity index is 1230. The normalized spacial score (nSPS) is 13.8. The Morgan fingerprint density at radius 1 is 0.929 bits per heavy atom. The number of rotatable bonds is 5. The zero-order valence-electron chi connectivity index (χ0n) is 14.7. The molecule has 1 aliphatic rings. The molecule has 28 heavy (non-hydrogen) atoms. The highest BCUT2D eigenvalue weighted by Crippen LogP contribution is 2.32. The molecule has 3 aromatic carbocycles. The number of fused-ring (bicyclic) bond motifs is 2. The first-order chi connectivity index (χ1) is 13.4. The van der Waals surface area contributed by atoms with Gasteiger partial charge in [0.25, 0.3) is 10.0 Å².